The lowest BCUT2D eigenvalue weighted by molar-refractivity contribution is 0.589. The predicted molar refractivity (Wildman–Crippen MR) is 67.4 cm³/mol. The van der Waals surface area contributed by atoms with E-state index in [0.717, 1.165) is 6.26 Å². The molecule has 1 heterocycles. The summed E-state index contributed by atoms with van der Waals surface area (Å²) in [5.74, 6) is 0.141. The quantitative estimate of drug-likeness (QED) is 0.698. The molecule has 0 radical (unpaired) electrons. The van der Waals surface area contributed by atoms with Gasteiger partial charge in [0.2, 0.25) is 16.0 Å². The third kappa shape index (κ3) is 3.41. The molecule has 0 aliphatic carbocycles. The molecule has 18 heavy (non-hydrogen) atoms. The second kappa shape index (κ2) is 4.91. The van der Waals surface area contributed by atoms with Crippen molar-refractivity contribution in [3.63, 3.8) is 0 Å². The van der Waals surface area contributed by atoms with Gasteiger partial charge in [-0.05, 0) is 18.2 Å². The van der Waals surface area contributed by atoms with E-state index in [2.05, 4.69) is 20.0 Å². The molecule has 0 spiro atoms. The molecule has 3 N–H and O–H groups in total. The lowest BCUT2D eigenvalue weighted by atomic mass is 10.3. The van der Waals surface area contributed by atoms with Crippen LogP contribution in [0.4, 0.5) is 10.3 Å². The first kappa shape index (κ1) is 12.8. The van der Waals surface area contributed by atoms with E-state index in [9.17, 15) is 12.8 Å². The number of nitrogens with zero attached hydrogens (tertiary/aromatic N) is 1. The van der Waals surface area contributed by atoms with Gasteiger partial charge >= 0.3 is 0 Å². The summed E-state index contributed by atoms with van der Waals surface area (Å²) in [4.78, 5) is 7.07. The van der Waals surface area contributed by atoms with Gasteiger partial charge in [0, 0.05) is 13.1 Å². The highest BCUT2D eigenvalue weighted by atomic mass is 32.2. The summed E-state index contributed by atoms with van der Waals surface area (Å²) < 4.78 is 36.9. The first-order chi connectivity index (χ1) is 8.44. The standard InChI is InChI=1S/C10H13FN4O2S/c1-18(16,17)13-5-4-12-10-14-8-3-2-7(11)6-9(8)15-10/h2-3,6,13H,4-5H2,1H3,(H2,12,14,15). The Morgan fingerprint density at radius 2 is 2.17 bits per heavy atom. The number of anilines is 1. The number of hydrogen-bond acceptors (Lipinski definition) is 4. The smallest absolute Gasteiger partial charge is 0.208 e. The molecule has 0 unspecified atom stereocenters. The molecule has 98 valence electrons. The summed E-state index contributed by atoms with van der Waals surface area (Å²) >= 11 is 0. The molecule has 1 aromatic carbocycles. The van der Waals surface area contributed by atoms with Gasteiger partial charge in [0.05, 0.1) is 17.3 Å². The van der Waals surface area contributed by atoms with Crippen molar-refractivity contribution in [2.75, 3.05) is 24.7 Å². The van der Waals surface area contributed by atoms with Crippen LogP contribution in [0.3, 0.4) is 0 Å². The van der Waals surface area contributed by atoms with E-state index in [4.69, 9.17) is 0 Å². The van der Waals surface area contributed by atoms with E-state index in [1.54, 1.807) is 6.07 Å². The third-order valence-corrected chi connectivity index (χ3v) is 2.95. The van der Waals surface area contributed by atoms with Crippen molar-refractivity contribution >= 4 is 27.0 Å². The van der Waals surface area contributed by atoms with Gasteiger partial charge in [0.25, 0.3) is 0 Å². The summed E-state index contributed by atoms with van der Waals surface area (Å²) in [6.45, 7) is 0.639. The highest BCUT2D eigenvalue weighted by Gasteiger charge is 2.03. The zero-order valence-electron chi connectivity index (χ0n) is 9.70. The Hall–Kier alpha value is -1.67. The average molecular weight is 272 g/mol. The van der Waals surface area contributed by atoms with Gasteiger partial charge in [0.15, 0.2) is 0 Å². The first-order valence-corrected chi connectivity index (χ1v) is 7.17. The van der Waals surface area contributed by atoms with Crippen molar-refractivity contribution < 1.29 is 12.8 Å². The Kier molecular flexibility index (Phi) is 3.48. The van der Waals surface area contributed by atoms with Gasteiger partial charge in [-0.3, -0.25) is 0 Å². The first-order valence-electron chi connectivity index (χ1n) is 5.28. The van der Waals surface area contributed by atoms with E-state index in [0.29, 0.717) is 23.5 Å². The molecule has 0 fully saturated rings. The molecular formula is C10H13FN4O2S. The monoisotopic (exact) mass is 272 g/mol. The molecule has 0 aliphatic rings. The van der Waals surface area contributed by atoms with Crippen molar-refractivity contribution in [2.45, 2.75) is 0 Å². The molecule has 0 saturated heterocycles. The molecule has 2 aromatic rings. The Bertz CT molecular complexity index is 653. The fourth-order valence-electron chi connectivity index (χ4n) is 1.48. The lowest BCUT2D eigenvalue weighted by Gasteiger charge is -2.02. The summed E-state index contributed by atoms with van der Waals surface area (Å²) in [7, 11) is -3.18. The van der Waals surface area contributed by atoms with Gasteiger partial charge in [-0.15, -0.1) is 0 Å². The predicted octanol–water partition coefficient (Wildman–Crippen LogP) is 0.663. The Morgan fingerprint density at radius 1 is 1.39 bits per heavy atom. The van der Waals surface area contributed by atoms with Crippen LogP contribution >= 0.6 is 0 Å². The second-order valence-electron chi connectivity index (χ2n) is 3.84. The Morgan fingerprint density at radius 3 is 2.89 bits per heavy atom. The van der Waals surface area contributed by atoms with Crippen LogP contribution in [0.2, 0.25) is 0 Å². The van der Waals surface area contributed by atoms with Crippen molar-refractivity contribution in [3.05, 3.63) is 24.0 Å². The number of aromatic amines is 1. The maximum absolute atomic E-state index is 12.9. The van der Waals surface area contributed by atoms with Crippen LogP contribution in [-0.2, 0) is 10.0 Å². The molecule has 0 amide bonds. The van der Waals surface area contributed by atoms with Crippen molar-refractivity contribution in [2.24, 2.45) is 0 Å². The zero-order chi connectivity index (χ0) is 13.2. The Labute approximate surface area is 104 Å². The van der Waals surface area contributed by atoms with Crippen LogP contribution in [0, 0.1) is 5.82 Å². The topological polar surface area (TPSA) is 86.9 Å². The molecule has 0 aliphatic heterocycles. The fourth-order valence-corrected chi connectivity index (χ4v) is 1.96. The van der Waals surface area contributed by atoms with Crippen molar-refractivity contribution in [1.82, 2.24) is 14.7 Å². The number of rotatable bonds is 5. The van der Waals surface area contributed by atoms with Gasteiger partial charge in [-0.1, -0.05) is 0 Å². The van der Waals surface area contributed by atoms with E-state index < -0.39 is 10.0 Å². The lowest BCUT2D eigenvalue weighted by Crippen LogP contribution is -2.27. The van der Waals surface area contributed by atoms with Crippen molar-refractivity contribution in [3.8, 4) is 0 Å². The molecule has 8 heteroatoms. The summed E-state index contributed by atoms with van der Waals surface area (Å²) in [5.41, 5.74) is 1.24. The van der Waals surface area contributed by atoms with Crippen LogP contribution in [0.1, 0.15) is 0 Å². The van der Waals surface area contributed by atoms with Gasteiger partial charge < -0.3 is 10.3 Å². The van der Waals surface area contributed by atoms with E-state index in [1.165, 1.54) is 12.1 Å². The summed E-state index contributed by atoms with van der Waals surface area (Å²) in [6.07, 6.45) is 1.09. The number of benzene rings is 1. The third-order valence-electron chi connectivity index (χ3n) is 2.23. The van der Waals surface area contributed by atoms with Crippen LogP contribution in [0.5, 0.6) is 0 Å². The van der Waals surface area contributed by atoms with Crippen LogP contribution in [0.25, 0.3) is 11.0 Å². The minimum absolute atomic E-state index is 0.254. The number of fused-ring (bicyclic) bond motifs is 1. The number of H-pyrrole nitrogens is 1. The molecule has 6 nitrogen and oxygen atoms in total. The average Bonchev–Trinajstić information content (AvgIpc) is 2.65. The van der Waals surface area contributed by atoms with Crippen LogP contribution < -0.4 is 10.0 Å². The van der Waals surface area contributed by atoms with E-state index in [-0.39, 0.29) is 12.4 Å². The molecule has 0 bridgehead atoms. The number of nitrogens with one attached hydrogen (secondary N) is 3. The Balaban J connectivity index is 1.96. The second-order valence-corrected chi connectivity index (χ2v) is 5.67. The molecule has 0 saturated carbocycles. The minimum atomic E-state index is -3.18. The highest BCUT2D eigenvalue weighted by Crippen LogP contribution is 2.14. The minimum Gasteiger partial charge on any atom is -0.354 e. The van der Waals surface area contributed by atoms with Gasteiger partial charge in [0.1, 0.15) is 5.82 Å². The molecular weight excluding hydrogens is 259 g/mol. The fraction of sp³-hybridized carbons (Fsp3) is 0.300. The molecule has 2 rings (SSSR count). The zero-order valence-corrected chi connectivity index (χ0v) is 10.5. The van der Waals surface area contributed by atoms with Crippen molar-refractivity contribution in [1.29, 1.82) is 0 Å². The number of hydrogen-bond donors (Lipinski definition) is 3. The number of halogens is 1. The maximum atomic E-state index is 12.9. The van der Waals surface area contributed by atoms with Crippen LogP contribution in [0.15, 0.2) is 18.2 Å². The molecule has 1 aromatic heterocycles. The number of imidazole rings is 1. The van der Waals surface area contributed by atoms with Crippen LogP contribution in [-0.4, -0.2) is 37.7 Å². The van der Waals surface area contributed by atoms with E-state index >= 15 is 0 Å². The maximum Gasteiger partial charge on any atom is 0.208 e. The SMILES string of the molecule is CS(=O)(=O)NCCNc1nc2ccc(F)cc2[nH]1. The summed E-state index contributed by atoms with van der Waals surface area (Å²) in [5, 5.41) is 2.91. The van der Waals surface area contributed by atoms with Gasteiger partial charge in [-0.2, -0.15) is 0 Å². The van der Waals surface area contributed by atoms with E-state index in [1.807, 2.05) is 0 Å². The normalized spacial score (nSPS) is 11.9. The number of sulfonamides is 1. The highest BCUT2D eigenvalue weighted by molar-refractivity contribution is 7.88. The van der Waals surface area contributed by atoms with Gasteiger partial charge in [-0.25, -0.2) is 22.5 Å². The largest absolute Gasteiger partial charge is 0.354 e. The molecule has 0 atom stereocenters. The number of aromatic nitrogens is 2. The summed E-state index contributed by atoms with van der Waals surface area (Å²) in [6, 6.07) is 4.25.